The minimum atomic E-state index is -0.454. The zero-order valence-corrected chi connectivity index (χ0v) is 19.5. The van der Waals surface area contributed by atoms with E-state index >= 15 is 0 Å². The number of allylic oxidation sites excluding steroid dienone is 2. The van der Waals surface area contributed by atoms with E-state index in [-0.39, 0.29) is 27.5 Å². The lowest BCUT2D eigenvalue weighted by atomic mass is 10.1. The molecule has 0 spiro atoms. The van der Waals surface area contributed by atoms with E-state index in [2.05, 4.69) is 5.32 Å². The van der Waals surface area contributed by atoms with Crippen molar-refractivity contribution in [2.24, 2.45) is 0 Å². The minimum Gasteiger partial charge on any atom is -0.323 e. The number of nitrogens with zero attached hydrogens (tertiary/aromatic N) is 1. The number of nitrogens with one attached hydrogen (secondary N) is 1. The Hall–Kier alpha value is -1.83. The monoisotopic (exact) mass is 496 g/mol. The van der Waals surface area contributed by atoms with Crippen molar-refractivity contribution in [1.82, 2.24) is 4.90 Å². The van der Waals surface area contributed by atoms with Crippen LogP contribution in [0.25, 0.3) is 6.08 Å². The van der Waals surface area contributed by atoms with Crippen molar-refractivity contribution in [2.75, 3.05) is 11.9 Å². The van der Waals surface area contributed by atoms with Crippen LogP contribution in [0.15, 0.2) is 59.0 Å². The Morgan fingerprint density at radius 2 is 1.80 bits per heavy atom. The average Bonchev–Trinajstić information content (AvgIpc) is 2.94. The second-order valence-electron chi connectivity index (χ2n) is 6.36. The number of amides is 2. The van der Waals surface area contributed by atoms with Crippen molar-refractivity contribution in [2.45, 2.75) is 6.92 Å². The minimum absolute atomic E-state index is 0.236. The van der Waals surface area contributed by atoms with Gasteiger partial charge in [0.1, 0.15) is 10.9 Å². The van der Waals surface area contributed by atoms with Gasteiger partial charge in [0.15, 0.2) is 0 Å². The molecule has 2 aromatic rings. The van der Waals surface area contributed by atoms with Crippen LogP contribution in [-0.4, -0.2) is 27.6 Å². The lowest BCUT2D eigenvalue weighted by molar-refractivity contribution is -0.126. The first-order valence-corrected chi connectivity index (χ1v) is 11.0. The molecule has 1 saturated heterocycles. The molecule has 0 aromatic heterocycles. The molecule has 1 fully saturated rings. The normalized spacial score (nSPS) is 15.8. The van der Waals surface area contributed by atoms with Gasteiger partial charge < -0.3 is 5.32 Å². The van der Waals surface area contributed by atoms with Gasteiger partial charge in [0.25, 0.3) is 5.91 Å². The summed E-state index contributed by atoms with van der Waals surface area (Å²) in [5.74, 6) is -0.773. The third-order valence-corrected chi connectivity index (χ3v) is 6.42. The SMILES string of the molecule is CC(=Cc1ccccc1)C=C1SC(=S)N(CC(=O)Nc2cc(Cl)c(Cl)cc2Cl)C1=O. The van der Waals surface area contributed by atoms with Gasteiger partial charge in [-0.05, 0) is 36.3 Å². The summed E-state index contributed by atoms with van der Waals surface area (Å²) in [6.07, 6.45) is 3.73. The Labute approximate surface area is 198 Å². The average molecular weight is 498 g/mol. The second kappa shape index (κ2) is 9.98. The van der Waals surface area contributed by atoms with Crippen LogP contribution in [-0.2, 0) is 9.59 Å². The Morgan fingerprint density at radius 1 is 1.13 bits per heavy atom. The molecule has 9 heteroatoms. The maximum Gasteiger partial charge on any atom is 0.266 e. The number of rotatable bonds is 5. The summed E-state index contributed by atoms with van der Waals surface area (Å²) in [4.78, 5) is 26.9. The van der Waals surface area contributed by atoms with Crippen LogP contribution >= 0.6 is 58.8 Å². The number of halogens is 3. The van der Waals surface area contributed by atoms with Gasteiger partial charge in [-0.15, -0.1) is 0 Å². The fraction of sp³-hybridized carbons (Fsp3) is 0.0952. The molecule has 0 atom stereocenters. The van der Waals surface area contributed by atoms with Crippen LogP contribution in [0.1, 0.15) is 12.5 Å². The summed E-state index contributed by atoms with van der Waals surface area (Å²) in [5, 5.41) is 3.40. The van der Waals surface area contributed by atoms with Gasteiger partial charge in [0.05, 0.1) is 25.7 Å². The molecule has 0 radical (unpaired) electrons. The Kier molecular flexibility index (Phi) is 7.60. The van der Waals surface area contributed by atoms with E-state index in [0.29, 0.717) is 14.9 Å². The molecule has 3 rings (SSSR count). The van der Waals surface area contributed by atoms with E-state index in [0.717, 1.165) is 22.9 Å². The van der Waals surface area contributed by atoms with Crippen molar-refractivity contribution >= 4 is 86.7 Å². The molecule has 154 valence electrons. The fourth-order valence-electron chi connectivity index (χ4n) is 2.65. The predicted octanol–water partition coefficient (Wildman–Crippen LogP) is 6.43. The van der Waals surface area contributed by atoms with E-state index in [9.17, 15) is 9.59 Å². The molecule has 2 aromatic carbocycles. The molecule has 1 heterocycles. The van der Waals surface area contributed by atoms with E-state index < -0.39 is 5.91 Å². The van der Waals surface area contributed by atoms with Gasteiger partial charge in [-0.2, -0.15) is 0 Å². The van der Waals surface area contributed by atoms with E-state index in [1.165, 1.54) is 17.0 Å². The van der Waals surface area contributed by atoms with Crippen LogP contribution in [0, 0.1) is 0 Å². The lowest BCUT2D eigenvalue weighted by Crippen LogP contribution is -2.36. The Morgan fingerprint density at radius 3 is 2.50 bits per heavy atom. The molecule has 1 aliphatic heterocycles. The fourth-order valence-corrected chi connectivity index (χ4v) is 4.55. The highest BCUT2D eigenvalue weighted by molar-refractivity contribution is 8.26. The molecule has 0 unspecified atom stereocenters. The highest BCUT2D eigenvalue weighted by atomic mass is 35.5. The van der Waals surface area contributed by atoms with Crippen LogP contribution < -0.4 is 5.32 Å². The predicted molar refractivity (Wildman–Crippen MR) is 130 cm³/mol. The number of benzene rings is 2. The van der Waals surface area contributed by atoms with Crippen molar-refractivity contribution in [3.63, 3.8) is 0 Å². The molecule has 30 heavy (non-hydrogen) atoms. The third kappa shape index (κ3) is 5.65. The summed E-state index contributed by atoms with van der Waals surface area (Å²) < 4.78 is 0.314. The topological polar surface area (TPSA) is 49.4 Å². The highest BCUT2D eigenvalue weighted by Gasteiger charge is 2.33. The van der Waals surface area contributed by atoms with Crippen molar-refractivity contribution in [1.29, 1.82) is 0 Å². The largest absolute Gasteiger partial charge is 0.323 e. The third-order valence-electron chi connectivity index (χ3n) is 4.01. The first kappa shape index (κ1) is 22.8. The molecule has 1 aliphatic rings. The molecule has 0 saturated carbocycles. The molecule has 4 nitrogen and oxygen atoms in total. The molecule has 1 N–H and O–H groups in total. The van der Waals surface area contributed by atoms with Crippen LogP contribution in [0.2, 0.25) is 15.1 Å². The number of hydrogen-bond acceptors (Lipinski definition) is 4. The highest BCUT2D eigenvalue weighted by Crippen LogP contribution is 2.34. The number of anilines is 1. The van der Waals surface area contributed by atoms with Gasteiger partial charge in [0, 0.05) is 0 Å². The standard InChI is InChI=1S/C21H15Cl3N2O2S2/c1-12(7-13-5-3-2-4-6-13)8-18-20(28)26(21(29)30-18)11-19(27)25-17-10-15(23)14(22)9-16(17)24/h2-10H,11H2,1H3,(H,25,27). The molecule has 0 bridgehead atoms. The van der Waals surface area contributed by atoms with Crippen LogP contribution in [0.3, 0.4) is 0 Å². The van der Waals surface area contributed by atoms with Crippen LogP contribution in [0.4, 0.5) is 5.69 Å². The number of thioether (sulfide) groups is 1. The van der Waals surface area contributed by atoms with Crippen LogP contribution in [0.5, 0.6) is 0 Å². The Bertz CT molecular complexity index is 1090. The zero-order chi connectivity index (χ0) is 21.8. The quantitative estimate of drug-likeness (QED) is 0.294. The summed E-state index contributed by atoms with van der Waals surface area (Å²) in [7, 11) is 0. The number of hydrogen-bond donors (Lipinski definition) is 1. The first-order chi connectivity index (χ1) is 14.2. The number of carbonyl (C=O) groups is 2. The van der Waals surface area contributed by atoms with Gasteiger partial charge in [0.2, 0.25) is 5.91 Å². The van der Waals surface area contributed by atoms with Crippen molar-refractivity contribution in [3.8, 4) is 0 Å². The van der Waals surface area contributed by atoms with Gasteiger partial charge in [-0.1, -0.05) is 95.2 Å². The van der Waals surface area contributed by atoms with E-state index in [1.807, 2.05) is 43.3 Å². The molecule has 2 amide bonds. The maximum absolute atomic E-state index is 12.7. The summed E-state index contributed by atoms with van der Waals surface area (Å²) >= 11 is 24.4. The number of thiocarbonyl (C=S) groups is 1. The van der Waals surface area contributed by atoms with Gasteiger partial charge >= 0.3 is 0 Å². The molecular formula is C21H15Cl3N2O2S2. The van der Waals surface area contributed by atoms with Gasteiger partial charge in [-0.25, -0.2) is 0 Å². The van der Waals surface area contributed by atoms with Crippen molar-refractivity contribution in [3.05, 3.63) is 79.7 Å². The summed E-state index contributed by atoms with van der Waals surface area (Å²) in [5.41, 5.74) is 2.23. The van der Waals surface area contributed by atoms with Gasteiger partial charge in [-0.3, -0.25) is 14.5 Å². The zero-order valence-electron chi connectivity index (χ0n) is 15.6. The molecule has 0 aliphatic carbocycles. The van der Waals surface area contributed by atoms with E-state index in [4.69, 9.17) is 47.0 Å². The number of carbonyl (C=O) groups excluding carboxylic acids is 2. The summed E-state index contributed by atoms with van der Waals surface area (Å²) in [6, 6.07) is 12.7. The first-order valence-electron chi connectivity index (χ1n) is 8.67. The van der Waals surface area contributed by atoms with E-state index in [1.54, 1.807) is 6.08 Å². The second-order valence-corrected chi connectivity index (χ2v) is 9.26. The maximum atomic E-state index is 12.7. The Balaban J connectivity index is 1.70. The summed E-state index contributed by atoms with van der Waals surface area (Å²) in [6.45, 7) is 1.67. The smallest absolute Gasteiger partial charge is 0.266 e. The molecular weight excluding hydrogens is 483 g/mol. The lowest BCUT2D eigenvalue weighted by Gasteiger charge is -2.15. The van der Waals surface area contributed by atoms with Crippen molar-refractivity contribution < 1.29 is 9.59 Å².